The third-order valence-corrected chi connectivity index (χ3v) is 4.10. The number of benzene rings is 1. The van der Waals surface area contributed by atoms with Crippen LogP contribution in [0.25, 0.3) is 11.4 Å². The lowest BCUT2D eigenvalue weighted by Gasteiger charge is -2.18. The summed E-state index contributed by atoms with van der Waals surface area (Å²) < 4.78 is 10.6. The van der Waals surface area contributed by atoms with Crippen LogP contribution in [0.2, 0.25) is 0 Å². The molecule has 21 heavy (non-hydrogen) atoms. The highest BCUT2D eigenvalue weighted by atomic mass is 16.5. The third kappa shape index (κ3) is 3.01. The molecule has 0 saturated heterocycles. The summed E-state index contributed by atoms with van der Waals surface area (Å²) in [5, 5.41) is 7.47. The van der Waals surface area contributed by atoms with Crippen molar-refractivity contribution in [3.63, 3.8) is 0 Å². The summed E-state index contributed by atoms with van der Waals surface area (Å²) in [6.07, 6.45) is 6.32. The molecule has 1 aromatic heterocycles. The maximum atomic E-state index is 5.30. The van der Waals surface area contributed by atoms with Crippen molar-refractivity contribution in [3.8, 4) is 22.9 Å². The van der Waals surface area contributed by atoms with Gasteiger partial charge < -0.3 is 9.47 Å². The average Bonchev–Trinajstić information content (AvgIpc) is 3.05. The quantitative estimate of drug-likeness (QED) is 0.934. The summed E-state index contributed by atoms with van der Waals surface area (Å²) in [6, 6.07) is 5.70. The summed E-state index contributed by atoms with van der Waals surface area (Å²) in [4.78, 5) is 4.68. The number of nitrogens with one attached hydrogen (secondary N) is 1. The number of aromatic amines is 1. The number of rotatable bonds is 4. The van der Waals surface area contributed by atoms with Crippen LogP contribution in [-0.4, -0.2) is 29.4 Å². The minimum atomic E-state index is 0.521. The van der Waals surface area contributed by atoms with Crippen molar-refractivity contribution < 1.29 is 9.47 Å². The van der Waals surface area contributed by atoms with Gasteiger partial charge in [0.1, 0.15) is 17.3 Å². The van der Waals surface area contributed by atoms with Crippen LogP contribution < -0.4 is 9.47 Å². The van der Waals surface area contributed by atoms with Crippen molar-refractivity contribution in [2.45, 2.75) is 38.0 Å². The fraction of sp³-hybridized carbons (Fsp3) is 0.500. The Hall–Kier alpha value is -2.04. The van der Waals surface area contributed by atoms with Gasteiger partial charge in [0.2, 0.25) is 0 Å². The minimum Gasteiger partial charge on any atom is -0.497 e. The van der Waals surface area contributed by atoms with Crippen molar-refractivity contribution in [2.24, 2.45) is 0 Å². The van der Waals surface area contributed by atoms with E-state index in [2.05, 4.69) is 15.2 Å². The Kier molecular flexibility index (Phi) is 4.08. The van der Waals surface area contributed by atoms with Gasteiger partial charge in [0.25, 0.3) is 0 Å². The Morgan fingerprint density at radius 3 is 2.29 bits per heavy atom. The molecule has 0 spiro atoms. The highest BCUT2D eigenvalue weighted by molar-refractivity contribution is 5.60. The number of nitrogens with zero attached hydrogens (tertiary/aromatic N) is 2. The van der Waals surface area contributed by atoms with E-state index in [4.69, 9.17) is 9.47 Å². The normalized spacial score (nSPS) is 15.9. The second-order valence-corrected chi connectivity index (χ2v) is 5.48. The summed E-state index contributed by atoms with van der Waals surface area (Å²) in [5.74, 6) is 3.72. The standard InChI is InChI=1S/C16H21N3O2/c1-20-13-8-12(9-14(10-13)21-2)16-17-15(18-19-16)11-6-4-3-5-7-11/h8-11H,3-7H2,1-2H3,(H,17,18,19). The SMILES string of the molecule is COc1cc(OC)cc(-c2n[nH]c(C3CCCCC3)n2)c1. The van der Waals surface area contributed by atoms with Crippen molar-refractivity contribution in [3.05, 3.63) is 24.0 Å². The van der Waals surface area contributed by atoms with E-state index in [-0.39, 0.29) is 0 Å². The van der Waals surface area contributed by atoms with Crippen LogP contribution in [0.15, 0.2) is 18.2 Å². The number of aromatic nitrogens is 3. The first kappa shape index (κ1) is 13.9. The first-order valence-electron chi connectivity index (χ1n) is 7.46. The molecule has 3 rings (SSSR count). The van der Waals surface area contributed by atoms with Gasteiger partial charge in [-0.05, 0) is 25.0 Å². The highest BCUT2D eigenvalue weighted by Gasteiger charge is 2.19. The van der Waals surface area contributed by atoms with Crippen molar-refractivity contribution in [1.29, 1.82) is 0 Å². The Bertz CT molecular complexity index is 581. The number of methoxy groups -OCH3 is 2. The molecule has 1 saturated carbocycles. The largest absolute Gasteiger partial charge is 0.497 e. The van der Waals surface area contributed by atoms with Crippen LogP contribution in [-0.2, 0) is 0 Å². The second kappa shape index (κ2) is 6.16. The first-order valence-corrected chi connectivity index (χ1v) is 7.46. The highest BCUT2D eigenvalue weighted by Crippen LogP contribution is 2.32. The average molecular weight is 287 g/mol. The molecule has 0 unspecified atom stereocenters. The van der Waals surface area contributed by atoms with Crippen LogP contribution in [0.1, 0.15) is 43.8 Å². The fourth-order valence-electron chi connectivity index (χ4n) is 2.90. The van der Waals surface area contributed by atoms with E-state index in [1.54, 1.807) is 14.2 Å². The lowest BCUT2D eigenvalue weighted by molar-refractivity contribution is 0.394. The van der Waals surface area contributed by atoms with Gasteiger partial charge in [0, 0.05) is 17.5 Å². The van der Waals surface area contributed by atoms with Gasteiger partial charge in [-0.15, -0.1) is 0 Å². The number of ether oxygens (including phenoxy) is 2. The first-order chi connectivity index (χ1) is 10.3. The zero-order valence-corrected chi connectivity index (χ0v) is 12.6. The third-order valence-electron chi connectivity index (χ3n) is 4.10. The number of H-pyrrole nitrogens is 1. The molecule has 0 amide bonds. The lowest BCUT2D eigenvalue weighted by Crippen LogP contribution is -2.06. The zero-order chi connectivity index (χ0) is 14.7. The molecule has 0 aliphatic heterocycles. The smallest absolute Gasteiger partial charge is 0.181 e. The molecule has 1 aliphatic carbocycles. The van der Waals surface area contributed by atoms with Gasteiger partial charge in [-0.1, -0.05) is 19.3 Å². The zero-order valence-electron chi connectivity index (χ0n) is 12.6. The molecule has 1 N–H and O–H groups in total. The Morgan fingerprint density at radius 2 is 1.67 bits per heavy atom. The van der Waals surface area contributed by atoms with Gasteiger partial charge in [-0.2, -0.15) is 5.10 Å². The van der Waals surface area contributed by atoms with Crippen molar-refractivity contribution in [1.82, 2.24) is 15.2 Å². The van der Waals surface area contributed by atoms with Crippen LogP contribution in [0.5, 0.6) is 11.5 Å². The van der Waals surface area contributed by atoms with E-state index in [1.165, 1.54) is 32.1 Å². The van der Waals surface area contributed by atoms with Crippen LogP contribution in [0.3, 0.4) is 0 Å². The van der Waals surface area contributed by atoms with Gasteiger partial charge in [0.05, 0.1) is 14.2 Å². The molecule has 2 aromatic rings. The number of hydrogen-bond acceptors (Lipinski definition) is 4. The Balaban J connectivity index is 1.88. The summed E-state index contributed by atoms with van der Waals surface area (Å²) >= 11 is 0. The predicted molar refractivity (Wildman–Crippen MR) is 80.7 cm³/mol. The van der Waals surface area contributed by atoms with E-state index in [1.807, 2.05) is 18.2 Å². The molecule has 0 radical (unpaired) electrons. The molecule has 5 heteroatoms. The van der Waals surface area contributed by atoms with Gasteiger partial charge in [-0.25, -0.2) is 4.98 Å². The molecule has 1 aliphatic rings. The Labute approximate surface area is 124 Å². The molecule has 5 nitrogen and oxygen atoms in total. The van der Waals surface area contributed by atoms with Gasteiger partial charge in [-0.3, -0.25) is 5.10 Å². The van der Waals surface area contributed by atoms with Crippen LogP contribution >= 0.6 is 0 Å². The lowest BCUT2D eigenvalue weighted by atomic mass is 9.89. The summed E-state index contributed by atoms with van der Waals surface area (Å²) in [7, 11) is 3.29. The van der Waals surface area contributed by atoms with Gasteiger partial charge >= 0.3 is 0 Å². The maximum absolute atomic E-state index is 5.30. The summed E-state index contributed by atoms with van der Waals surface area (Å²) in [5.41, 5.74) is 0.907. The van der Waals surface area contributed by atoms with Crippen molar-refractivity contribution >= 4 is 0 Å². The monoisotopic (exact) mass is 287 g/mol. The number of hydrogen-bond donors (Lipinski definition) is 1. The molecule has 112 valence electrons. The fourth-order valence-corrected chi connectivity index (χ4v) is 2.90. The molecule has 1 aromatic carbocycles. The molecule has 1 heterocycles. The maximum Gasteiger partial charge on any atom is 0.181 e. The van der Waals surface area contributed by atoms with Crippen LogP contribution in [0, 0.1) is 0 Å². The van der Waals surface area contributed by atoms with E-state index < -0.39 is 0 Å². The molecule has 0 atom stereocenters. The molecule has 1 fully saturated rings. The van der Waals surface area contributed by atoms with Crippen molar-refractivity contribution in [2.75, 3.05) is 14.2 Å². The molecular formula is C16H21N3O2. The van der Waals surface area contributed by atoms with E-state index in [0.717, 1.165) is 22.9 Å². The molecular weight excluding hydrogens is 266 g/mol. The topological polar surface area (TPSA) is 60.0 Å². The van der Waals surface area contributed by atoms with Crippen LogP contribution in [0.4, 0.5) is 0 Å². The summed E-state index contributed by atoms with van der Waals surface area (Å²) in [6.45, 7) is 0. The predicted octanol–water partition coefficient (Wildman–Crippen LogP) is 3.54. The van der Waals surface area contributed by atoms with E-state index in [0.29, 0.717) is 11.7 Å². The van der Waals surface area contributed by atoms with Gasteiger partial charge in [0.15, 0.2) is 5.82 Å². The molecule has 0 bridgehead atoms. The van der Waals surface area contributed by atoms with E-state index >= 15 is 0 Å². The second-order valence-electron chi connectivity index (χ2n) is 5.48. The minimum absolute atomic E-state index is 0.521. The van der Waals surface area contributed by atoms with E-state index in [9.17, 15) is 0 Å². The Morgan fingerprint density at radius 1 is 1.00 bits per heavy atom.